The molecule has 1 N–H and O–H groups in total. The number of hydrogen-bond acceptors (Lipinski definition) is 4. The zero-order chi connectivity index (χ0) is 14.4. The molecule has 106 valence electrons. The Morgan fingerprint density at radius 3 is 2.50 bits per heavy atom. The topological polar surface area (TPSA) is 37.4 Å². The van der Waals surface area contributed by atoms with Crippen molar-refractivity contribution >= 4 is 5.82 Å². The SMILES string of the molecule is CNc1cccc(CN(C)Cc2ccc(OC)cc2)n1. The van der Waals surface area contributed by atoms with Crippen molar-refractivity contribution in [2.45, 2.75) is 13.1 Å². The summed E-state index contributed by atoms with van der Waals surface area (Å²) in [5, 5.41) is 3.06. The fourth-order valence-corrected chi connectivity index (χ4v) is 2.08. The molecule has 0 amide bonds. The number of nitrogens with one attached hydrogen (secondary N) is 1. The number of aromatic nitrogens is 1. The van der Waals surface area contributed by atoms with Crippen LogP contribution >= 0.6 is 0 Å². The summed E-state index contributed by atoms with van der Waals surface area (Å²) in [5.41, 5.74) is 2.32. The molecule has 0 saturated heterocycles. The minimum Gasteiger partial charge on any atom is -0.497 e. The average Bonchev–Trinajstić information content (AvgIpc) is 2.48. The molecule has 2 rings (SSSR count). The van der Waals surface area contributed by atoms with Gasteiger partial charge in [0.15, 0.2) is 0 Å². The Hall–Kier alpha value is -2.07. The van der Waals surface area contributed by atoms with Gasteiger partial charge in [-0.1, -0.05) is 18.2 Å². The lowest BCUT2D eigenvalue weighted by molar-refractivity contribution is 0.315. The van der Waals surface area contributed by atoms with E-state index in [0.717, 1.165) is 30.4 Å². The van der Waals surface area contributed by atoms with E-state index in [2.05, 4.69) is 34.4 Å². The largest absolute Gasteiger partial charge is 0.497 e. The first kappa shape index (κ1) is 14.3. The summed E-state index contributed by atoms with van der Waals surface area (Å²) in [5.74, 6) is 1.79. The van der Waals surface area contributed by atoms with E-state index >= 15 is 0 Å². The molecule has 0 unspecified atom stereocenters. The van der Waals surface area contributed by atoms with E-state index in [0.29, 0.717) is 0 Å². The second-order valence-corrected chi connectivity index (χ2v) is 4.78. The highest BCUT2D eigenvalue weighted by molar-refractivity contribution is 5.34. The quantitative estimate of drug-likeness (QED) is 0.876. The smallest absolute Gasteiger partial charge is 0.126 e. The third-order valence-electron chi connectivity index (χ3n) is 3.11. The Morgan fingerprint density at radius 2 is 1.85 bits per heavy atom. The molecule has 4 heteroatoms. The molecule has 0 atom stereocenters. The van der Waals surface area contributed by atoms with E-state index in [9.17, 15) is 0 Å². The number of methoxy groups -OCH3 is 1. The van der Waals surface area contributed by atoms with Gasteiger partial charge in [0.1, 0.15) is 11.6 Å². The number of anilines is 1. The fraction of sp³-hybridized carbons (Fsp3) is 0.312. The van der Waals surface area contributed by atoms with Gasteiger partial charge in [0, 0.05) is 20.1 Å². The van der Waals surface area contributed by atoms with Gasteiger partial charge in [-0.3, -0.25) is 4.90 Å². The summed E-state index contributed by atoms with van der Waals surface area (Å²) in [6.07, 6.45) is 0. The predicted octanol–water partition coefficient (Wildman–Crippen LogP) is 2.76. The van der Waals surface area contributed by atoms with Crippen molar-refractivity contribution in [1.82, 2.24) is 9.88 Å². The third kappa shape index (κ3) is 3.96. The minimum atomic E-state index is 0.821. The van der Waals surface area contributed by atoms with Gasteiger partial charge >= 0.3 is 0 Å². The number of benzene rings is 1. The van der Waals surface area contributed by atoms with Crippen LogP contribution in [0, 0.1) is 0 Å². The summed E-state index contributed by atoms with van der Waals surface area (Å²) >= 11 is 0. The van der Waals surface area contributed by atoms with Gasteiger partial charge in [0.2, 0.25) is 0 Å². The summed E-state index contributed by atoms with van der Waals surface area (Å²) in [7, 11) is 5.66. The van der Waals surface area contributed by atoms with E-state index in [4.69, 9.17) is 4.74 Å². The molecule has 0 fully saturated rings. The second kappa shape index (κ2) is 6.91. The molecule has 0 bridgehead atoms. The molecule has 1 aromatic carbocycles. The summed E-state index contributed by atoms with van der Waals surface area (Å²) in [4.78, 5) is 6.77. The Labute approximate surface area is 120 Å². The van der Waals surface area contributed by atoms with Crippen LogP contribution in [0.1, 0.15) is 11.3 Å². The molecule has 0 spiro atoms. The van der Waals surface area contributed by atoms with Crippen LogP contribution in [0.5, 0.6) is 5.75 Å². The zero-order valence-electron chi connectivity index (χ0n) is 12.3. The van der Waals surface area contributed by atoms with E-state index in [-0.39, 0.29) is 0 Å². The molecule has 0 aliphatic rings. The number of hydrogen-bond donors (Lipinski definition) is 1. The molecular formula is C16H21N3O. The van der Waals surface area contributed by atoms with Gasteiger partial charge in [0.05, 0.1) is 12.8 Å². The molecule has 0 aliphatic heterocycles. The first-order valence-corrected chi connectivity index (χ1v) is 6.66. The van der Waals surface area contributed by atoms with Crippen LogP contribution < -0.4 is 10.1 Å². The average molecular weight is 271 g/mol. The predicted molar refractivity (Wildman–Crippen MR) is 81.9 cm³/mol. The third-order valence-corrected chi connectivity index (χ3v) is 3.11. The van der Waals surface area contributed by atoms with Gasteiger partial charge in [-0.2, -0.15) is 0 Å². The maximum Gasteiger partial charge on any atom is 0.126 e. The summed E-state index contributed by atoms with van der Waals surface area (Å²) < 4.78 is 5.16. The van der Waals surface area contributed by atoms with Crippen LogP contribution in [-0.4, -0.2) is 31.1 Å². The highest BCUT2D eigenvalue weighted by Crippen LogP contribution is 2.13. The van der Waals surface area contributed by atoms with Gasteiger partial charge in [0.25, 0.3) is 0 Å². The van der Waals surface area contributed by atoms with Crippen LogP contribution in [0.3, 0.4) is 0 Å². The van der Waals surface area contributed by atoms with Gasteiger partial charge < -0.3 is 10.1 Å². The highest BCUT2D eigenvalue weighted by atomic mass is 16.5. The van der Waals surface area contributed by atoms with Crippen molar-refractivity contribution in [1.29, 1.82) is 0 Å². The lowest BCUT2D eigenvalue weighted by atomic mass is 10.2. The second-order valence-electron chi connectivity index (χ2n) is 4.78. The lowest BCUT2D eigenvalue weighted by Crippen LogP contribution is -2.18. The highest BCUT2D eigenvalue weighted by Gasteiger charge is 2.04. The van der Waals surface area contributed by atoms with Gasteiger partial charge in [-0.15, -0.1) is 0 Å². The number of pyridine rings is 1. The Kier molecular flexibility index (Phi) is 4.96. The van der Waals surface area contributed by atoms with Gasteiger partial charge in [-0.25, -0.2) is 4.98 Å². The molecule has 2 aromatic rings. The Balaban J connectivity index is 1.95. The van der Waals surface area contributed by atoms with Crippen molar-refractivity contribution in [2.75, 3.05) is 26.5 Å². The molecule has 20 heavy (non-hydrogen) atoms. The monoisotopic (exact) mass is 271 g/mol. The van der Waals surface area contributed by atoms with Crippen molar-refractivity contribution in [3.8, 4) is 5.75 Å². The summed E-state index contributed by atoms with van der Waals surface area (Å²) in [6, 6.07) is 14.2. The standard InChI is InChI=1S/C16H21N3O/c1-17-16-6-4-5-14(18-16)12-19(2)11-13-7-9-15(20-3)10-8-13/h4-10H,11-12H2,1-3H3,(H,17,18). The minimum absolute atomic E-state index is 0.821. The number of ether oxygens (including phenoxy) is 1. The van der Waals surface area contributed by atoms with E-state index < -0.39 is 0 Å². The molecular weight excluding hydrogens is 250 g/mol. The molecule has 0 radical (unpaired) electrons. The first-order chi connectivity index (χ1) is 9.71. The zero-order valence-corrected chi connectivity index (χ0v) is 12.3. The Bertz CT molecular complexity index is 540. The van der Waals surface area contributed by atoms with Crippen LogP contribution in [0.25, 0.3) is 0 Å². The number of rotatable bonds is 6. The fourth-order valence-electron chi connectivity index (χ4n) is 2.08. The normalized spacial score (nSPS) is 10.6. The van der Waals surface area contributed by atoms with Gasteiger partial charge in [-0.05, 0) is 36.9 Å². The van der Waals surface area contributed by atoms with Crippen molar-refractivity contribution in [3.63, 3.8) is 0 Å². The molecule has 4 nitrogen and oxygen atoms in total. The maximum atomic E-state index is 5.16. The molecule has 1 aromatic heterocycles. The van der Waals surface area contributed by atoms with Crippen molar-refractivity contribution in [3.05, 3.63) is 53.7 Å². The van der Waals surface area contributed by atoms with Crippen molar-refractivity contribution < 1.29 is 4.74 Å². The molecule has 1 heterocycles. The van der Waals surface area contributed by atoms with E-state index in [1.165, 1.54) is 5.56 Å². The van der Waals surface area contributed by atoms with Crippen molar-refractivity contribution in [2.24, 2.45) is 0 Å². The van der Waals surface area contributed by atoms with Crippen LogP contribution in [0.2, 0.25) is 0 Å². The first-order valence-electron chi connectivity index (χ1n) is 6.66. The Morgan fingerprint density at radius 1 is 1.10 bits per heavy atom. The lowest BCUT2D eigenvalue weighted by Gasteiger charge is -2.17. The van der Waals surface area contributed by atoms with Crippen LogP contribution in [0.4, 0.5) is 5.82 Å². The van der Waals surface area contributed by atoms with E-state index in [1.807, 2.05) is 37.4 Å². The maximum absolute atomic E-state index is 5.16. The molecule has 0 saturated carbocycles. The van der Waals surface area contributed by atoms with Crippen LogP contribution in [0.15, 0.2) is 42.5 Å². The summed E-state index contributed by atoms with van der Waals surface area (Å²) in [6.45, 7) is 1.71. The van der Waals surface area contributed by atoms with E-state index in [1.54, 1.807) is 7.11 Å². The number of nitrogens with zero attached hydrogens (tertiary/aromatic N) is 2. The molecule has 0 aliphatic carbocycles. The van der Waals surface area contributed by atoms with Crippen LogP contribution in [-0.2, 0) is 13.1 Å².